The van der Waals surface area contributed by atoms with Gasteiger partial charge in [-0.3, -0.25) is 4.90 Å². The zero-order valence-corrected chi connectivity index (χ0v) is 13.6. The molecule has 2 aliphatic heterocycles. The summed E-state index contributed by atoms with van der Waals surface area (Å²) in [4.78, 5) is 22.1. The number of benzene rings is 1. The molecule has 0 saturated carbocycles. The highest BCUT2D eigenvalue weighted by molar-refractivity contribution is 6.42. The number of hydrogen-bond acceptors (Lipinski definition) is 3. The second-order valence-electron chi connectivity index (χ2n) is 5.87. The lowest BCUT2D eigenvalue weighted by Crippen LogP contribution is -2.41. The van der Waals surface area contributed by atoms with Gasteiger partial charge in [-0.2, -0.15) is 0 Å². The summed E-state index contributed by atoms with van der Waals surface area (Å²) in [7, 11) is 0. The minimum absolute atomic E-state index is 0.0153. The van der Waals surface area contributed by atoms with Crippen molar-refractivity contribution in [2.45, 2.75) is 31.3 Å². The predicted octanol–water partition coefficient (Wildman–Crippen LogP) is 4.19. The minimum atomic E-state index is -0.864. The Morgan fingerprint density at radius 2 is 2.09 bits per heavy atom. The molecule has 5 nitrogen and oxygen atoms in total. The van der Waals surface area contributed by atoms with Crippen LogP contribution in [0.1, 0.15) is 30.1 Å². The highest BCUT2D eigenvalue weighted by Gasteiger charge is 2.43. The van der Waals surface area contributed by atoms with Crippen molar-refractivity contribution in [3.8, 4) is 11.4 Å². The predicted molar refractivity (Wildman–Crippen MR) is 86.8 cm³/mol. The van der Waals surface area contributed by atoms with Gasteiger partial charge in [0.25, 0.3) is 0 Å². The number of carbonyl (C=O) groups is 1. The van der Waals surface area contributed by atoms with Gasteiger partial charge in [0.15, 0.2) is 5.82 Å². The number of rotatable bonds is 1. The Hall–Kier alpha value is -1.85. The lowest BCUT2D eigenvalue weighted by molar-refractivity contribution is 0.116. The quantitative estimate of drug-likeness (QED) is 0.838. The van der Waals surface area contributed by atoms with Gasteiger partial charge >= 0.3 is 6.09 Å². The Labute approximate surface area is 142 Å². The van der Waals surface area contributed by atoms with E-state index in [0.29, 0.717) is 22.3 Å². The van der Waals surface area contributed by atoms with Crippen molar-refractivity contribution in [3.63, 3.8) is 0 Å². The maximum Gasteiger partial charge on any atom is 0.408 e. The summed E-state index contributed by atoms with van der Waals surface area (Å²) in [5.41, 5.74) is 2.66. The lowest BCUT2D eigenvalue weighted by atomic mass is 9.99. The zero-order valence-electron chi connectivity index (χ0n) is 12.0. The fraction of sp³-hybridized carbons (Fsp3) is 0.312. The molecule has 118 valence electrons. The van der Waals surface area contributed by atoms with Gasteiger partial charge in [0.1, 0.15) is 0 Å². The van der Waals surface area contributed by atoms with Crippen molar-refractivity contribution in [1.82, 2.24) is 14.9 Å². The average Bonchev–Trinajstić information content (AvgIpc) is 2.85. The molecule has 2 bridgehead atoms. The van der Waals surface area contributed by atoms with Gasteiger partial charge < -0.3 is 5.11 Å². The maximum absolute atomic E-state index is 11.4. The molecule has 1 saturated heterocycles. The number of hydrogen-bond donors (Lipinski definition) is 1. The molecule has 1 aromatic carbocycles. The van der Waals surface area contributed by atoms with Gasteiger partial charge in [0.2, 0.25) is 0 Å². The number of fused-ring (bicyclic) bond motifs is 4. The van der Waals surface area contributed by atoms with E-state index in [1.54, 1.807) is 23.2 Å². The van der Waals surface area contributed by atoms with Crippen molar-refractivity contribution in [2.75, 3.05) is 0 Å². The van der Waals surface area contributed by atoms with Crippen LogP contribution in [0.15, 0.2) is 24.4 Å². The van der Waals surface area contributed by atoms with E-state index in [0.717, 1.165) is 29.7 Å². The first-order chi connectivity index (χ1) is 11.0. The van der Waals surface area contributed by atoms with Crippen molar-refractivity contribution in [2.24, 2.45) is 0 Å². The lowest BCUT2D eigenvalue weighted by Gasteiger charge is -2.33. The molecule has 1 aromatic heterocycles. The largest absolute Gasteiger partial charge is 0.465 e. The Bertz CT molecular complexity index is 812. The van der Waals surface area contributed by atoms with Crippen molar-refractivity contribution >= 4 is 29.3 Å². The molecule has 23 heavy (non-hydrogen) atoms. The molecule has 1 fully saturated rings. The Kier molecular flexibility index (Phi) is 3.43. The molecule has 2 aliphatic rings. The van der Waals surface area contributed by atoms with Crippen LogP contribution in [0.3, 0.4) is 0 Å². The van der Waals surface area contributed by atoms with E-state index in [-0.39, 0.29) is 12.1 Å². The summed E-state index contributed by atoms with van der Waals surface area (Å²) >= 11 is 12.0. The van der Waals surface area contributed by atoms with E-state index in [1.165, 1.54) is 0 Å². The van der Waals surface area contributed by atoms with Gasteiger partial charge in [-0.1, -0.05) is 23.2 Å². The first-order valence-electron chi connectivity index (χ1n) is 7.37. The zero-order chi connectivity index (χ0) is 16.1. The molecule has 2 aromatic rings. The van der Waals surface area contributed by atoms with E-state index in [4.69, 9.17) is 23.2 Å². The van der Waals surface area contributed by atoms with E-state index in [2.05, 4.69) is 9.97 Å². The molecular weight excluding hydrogens is 337 g/mol. The van der Waals surface area contributed by atoms with E-state index in [9.17, 15) is 9.90 Å². The van der Waals surface area contributed by atoms with Crippen molar-refractivity contribution < 1.29 is 9.90 Å². The van der Waals surface area contributed by atoms with Crippen LogP contribution in [-0.4, -0.2) is 32.1 Å². The number of halogens is 2. The third-order valence-corrected chi connectivity index (χ3v) is 5.33. The third kappa shape index (κ3) is 2.35. The molecule has 0 aliphatic carbocycles. The van der Waals surface area contributed by atoms with Crippen LogP contribution in [0, 0.1) is 0 Å². The third-order valence-electron chi connectivity index (χ3n) is 4.59. The average molecular weight is 350 g/mol. The van der Waals surface area contributed by atoms with E-state index < -0.39 is 6.09 Å². The number of amides is 1. The smallest absolute Gasteiger partial charge is 0.408 e. The standard InChI is InChI=1S/C16H13Cl2N3O2/c17-11-3-1-8(5-12(11)18)15-19-7-10-13(20-15)6-9-2-4-14(10)21(9)16(22)23/h1,3,5,7,9,14H,2,4,6H2,(H,22,23). The van der Waals surface area contributed by atoms with Crippen molar-refractivity contribution in [1.29, 1.82) is 0 Å². The number of aromatic nitrogens is 2. The number of nitrogens with zero attached hydrogens (tertiary/aromatic N) is 3. The van der Waals surface area contributed by atoms with Crippen LogP contribution in [0.5, 0.6) is 0 Å². The summed E-state index contributed by atoms with van der Waals surface area (Å²) in [5.74, 6) is 0.588. The highest BCUT2D eigenvalue weighted by Crippen LogP contribution is 2.43. The minimum Gasteiger partial charge on any atom is -0.465 e. The Morgan fingerprint density at radius 1 is 1.26 bits per heavy atom. The van der Waals surface area contributed by atoms with Crippen LogP contribution in [-0.2, 0) is 6.42 Å². The summed E-state index contributed by atoms with van der Waals surface area (Å²) in [5, 5.41) is 10.3. The molecule has 3 heterocycles. The van der Waals surface area contributed by atoms with Gasteiger partial charge in [-0.25, -0.2) is 14.8 Å². The van der Waals surface area contributed by atoms with Gasteiger partial charge in [-0.05, 0) is 31.0 Å². The van der Waals surface area contributed by atoms with E-state index in [1.807, 2.05) is 6.07 Å². The summed E-state index contributed by atoms with van der Waals surface area (Å²) in [6.07, 6.45) is 3.23. The summed E-state index contributed by atoms with van der Waals surface area (Å²) in [6.45, 7) is 0. The van der Waals surface area contributed by atoms with E-state index >= 15 is 0 Å². The molecule has 7 heteroatoms. The van der Waals surface area contributed by atoms with Crippen LogP contribution >= 0.6 is 23.2 Å². The molecule has 2 atom stereocenters. The Balaban J connectivity index is 1.75. The normalized spacial score (nSPS) is 22.1. The van der Waals surface area contributed by atoms with Gasteiger partial charge in [0.05, 0.1) is 21.8 Å². The van der Waals surface area contributed by atoms with Crippen LogP contribution < -0.4 is 0 Å². The molecule has 1 N–H and O–H groups in total. The molecule has 0 radical (unpaired) electrons. The summed E-state index contributed by atoms with van der Waals surface area (Å²) in [6, 6.07) is 5.19. The maximum atomic E-state index is 11.4. The number of carboxylic acid groups (broad SMARTS) is 1. The topological polar surface area (TPSA) is 66.3 Å². The fourth-order valence-corrected chi connectivity index (χ4v) is 3.84. The molecule has 4 rings (SSSR count). The Morgan fingerprint density at radius 3 is 2.83 bits per heavy atom. The highest BCUT2D eigenvalue weighted by atomic mass is 35.5. The molecular formula is C16H13Cl2N3O2. The first kappa shape index (κ1) is 14.7. The van der Waals surface area contributed by atoms with Crippen molar-refractivity contribution in [3.05, 3.63) is 45.7 Å². The fourth-order valence-electron chi connectivity index (χ4n) is 3.54. The summed E-state index contributed by atoms with van der Waals surface area (Å²) < 4.78 is 0. The first-order valence-corrected chi connectivity index (χ1v) is 8.12. The molecule has 1 amide bonds. The van der Waals surface area contributed by atoms with Crippen LogP contribution in [0.25, 0.3) is 11.4 Å². The van der Waals surface area contributed by atoms with Gasteiger partial charge in [0, 0.05) is 29.8 Å². The molecule has 0 spiro atoms. The monoisotopic (exact) mass is 349 g/mol. The van der Waals surface area contributed by atoms with Gasteiger partial charge in [-0.15, -0.1) is 0 Å². The SMILES string of the molecule is O=C(O)N1C2CCC1c1cnc(-c3ccc(Cl)c(Cl)c3)nc1C2. The van der Waals surface area contributed by atoms with Crippen LogP contribution in [0.4, 0.5) is 4.79 Å². The second kappa shape index (κ2) is 5.35. The second-order valence-corrected chi connectivity index (χ2v) is 6.68. The van der Waals surface area contributed by atoms with Crippen LogP contribution in [0.2, 0.25) is 10.0 Å². The molecule has 2 unspecified atom stereocenters.